The van der Waals surface area contributed by atoms with Gasteiger partial charge in [0, 0.05) is 43.3 Å². The van der Waals surface area contributed by atoms with E-state index >= 15 is 0 Å². The van der Waals surface area contributed by atoms with Gasteiger partial charge in [-0.1, -0.05) is 35.8 Å². The number of halogens is 1. The largest absolute Gasteiger partial charge is 0.356 e. The summed E-state index contributed by atoms with van der Waals surface area (Å²) in [5.74, 6) is 0.917. The number of hydrogen-bond acceptors (Lipinski definition) is 2. The minimum Gasteiger partial charge on any atom is -0.356 e. The number of hydrogen-bond donors (Lipinski definition) is 2. The molecule has 2 rings (SSSR count). The number of amides is 1. The third kappa shape index (κ3) is 5.51. The Labute approximate surface area is 153 Å². The molecule has 0 saturated carbocycles. The van der Waals surface area contributed by atoms with Gasteiger partial charge < -0.3 is 15.5 Å². The first kappa shape index (κ1) is 18.8. The van der Waals surface area contributed by atoms with Crippen molar-refractivity contribution in [3.05, 3.63) is 34.3 Å². The lowest BCUT2D eigenvalue weighted by molar-refractivity contribution is 0.0953. The van der Waals surface area contributed by atoms with Crippen molar-refractivity contribution in [2.24, 2.45) is 10.4 Å². The lowest BCUT2D eigenvalue weighted by atomic mass is 9.93. The zero-order valence-corrected chi connectivity index (χ0v) is 16.3. The molecular weight excluding hydrogens is 368 g/mol. The number of nitrogens with zero attached hydrogens (tertiary/aromatic N) is 2. The zero-order valence-electron chi connectivity index (χ0n) is 14.7. The number of guanidine groups is 1. The van der Waals surface area contributed by atoms with Crippen molar-refractivity contribution >= 4 is 27.8 Å². The predicted octanol–water partition coefficient (Wildman–Crippen LogP) is 2.88. The summed E-state index contributed by atoms with van der Waals surface area (Å²) < 4.78 is 0.911. The number of nitrogens with one attached hydrogen (secondary N) is 2. The fourth-order valence-electron chi connectivity index (χ4n) is 2.85. The van der Waals surface area contributed by atoms with E-state index in [2.05, 4.69) is 50.3 Å². The quantitative estimate of drug-likeness (QED) is 0.458. The molecule has 5 nitrogen and oxygen atoms in total. The van der Waals surface area contributed by atoms with Crippen LogP contribution < -0.4 is 10.6 Å². The summed E-state index contributed by atoms with van der Waals surface area (Å²) in [6.07, 6.45) is 2.05. The molecule has 2 N–H and O–H groups in total. The summed E-state index contributed by atoms with van der Waals surface area (Å²) in [4.78, 5) is 18.7. The topological polar surface area (TPSA) is 56.7 Å². The minimum absolute atomic E-state index is 0.0398. The van der Waals surface area contributed by atoms with E-state index in [4.69, 9.17) is 0 Å². The number of aliphatic imine (C=N–C) groups is 1. The van der Waals surface area contributed by atoms with Gasteiger partial charge in [-0.05, 0) is 36.5 Å². The third-order valence-corrected chi connectivity index (χ3v) is 4.69. The molecule has 6 heteroatoms. The third-order valence-electron chi connectivity index (χ3n) is 4.20. The van der Waals surface area contributed by atoms with Gasteiger partial charge in [0.15, 0.2) is 5.96 Å². The zero-order chi connectivity index (χ0) is 17.6. The Morgan fingerprint density at radius 2 is 2.08 bits per heavy atom. The summed E-state index contributed by atoms with van der Waals surface area (Å²) in [5, 5.41) is 6.34. The second kappa shape index (κ2) is 8.51. The summed E-state index contributed by atoms with van der Waals surface area (Å²) >= 11 is 3.38. The number of carbonyl (C=O) groups excluding carboxylic acids is 1. The van der Waals surface area contributed by atoms with Crippen molar-refractivity contribution in [3.8, 4) is 0 Å². The van der Waals surface area contributed by atoms with E-state index in [1.807, 2.05) is 31.3 Å². The Morgan fingerprint density at radius 3 is 2.71 bits per heavy atom. The van der Waals surface area contributed by atoms with E-state index in [0.717, 1.165) is 36.5 Å². The van der Waals surface area contributed by atoms with E-state index in [-0.39, 0.29) is 5.91 Å². The van der Waals surface area contributed by atoms with E-state index in [9.17, 15) is 4.79 Å². The molecule has 24 heavy (non-hydrogen) atoms. The van der Waals surface area contributed by atoms with Crippen LogP contribution in [-0.4, -0.2) is 50.0 Å². The molecule has 0 spiro atoms. The van der Waals surface area contributed by atoms with E-state index in [0.29, 0.717) is 17.5 Å². The van der Waals surface area contributed by atoms with E-state index in [1.165, 1.54) is 6.42 Å². The summed E-state index contributed by atoms with van der Waals surface area (Å²) in [5.41, 5.74) is 1.03. The maximum absolute atomic E-state index is 12.0. The van der Waals surface area contributed by atoms with Gasteiger partial charge in [-0.2, -0.15) is 0 Å². The molecule has 132 valence electrons. The molecule has 0 unspecified atom stereocenters. The Balaban J connectivity index is 1.68. The molecule has 0 aliphatic carbocycles. The van der Waals surface area contributed by atoms with E-state index in [1.54, 1.807) is 0 Å². The monoisotopic (exact) mass is 394 g/mol. The average molecular weight is 395 g/mol. The molecule has 1 aromatic carbocycles. The highest BCUT2D eigenvalue weighted by Gasteiger charge is 2.30. The van der Waals surface area contributed by atoms with Crippen LogP contribution in [0.25, 0.3) is 0 Å². The molecule has 1 heterocycles. The first-order valence-corrected chi connectivity index (χ1v) is 9.20. The maximum atomic E-state index is 12.0. The fourth-order valence-corrected chi connectivity index (χ4v) is 3.25. The minimum atomic E-state index is -0.0398. The Bertz CT molecular complexity index is 600. The summed E-state index contributed by atoms with van der Waals surface area (Å²) in [7, 11) is 1.82. The standard InChI is InChI=1S/C18H27BrN4O/c1-18(2)8-11-23(13-18)17(20-3)22-10-5-9-21-16(24)14-6-4-7-15(19)12-14/h4,6-7,12H,5,8-11,13H2,1-3H3,(H,20,22)(H,21,24). The van der Waals surface area contributed by atoms with Crippen LogP contribution in [0.2, 0.25) is 0 Å². The highest BCUT2D eigenvalue weighted by molar-refractivity contribution is 9.10. The van der Waals surface area contributed by atoms with Crippen LogP contribution in [-0.2, 0) is 0 Å². The van der Waals surface area contributed by atoms with Gasteiger partial charge in [0.25, 0.3) is 5.91 Å². The molecule has 0 bridgehead atoms. The maximum Gasteiger partial charge on any atom is 0.251 e. The molecule has 1 aliphatic heterocycles. The van der Waals surface area contributed by atoms with Crippen molar-refractivity contribution < 1.29 is 4.79 Å². The van der Waals surface area contributed by atoms with Crippen LogP contribution in [0.5, 0.6) is 0 Å². The van der Waals surface area contributed by atoms with Gasteiger partial charge in [0.05, 0.1) is 0 Å². The van der Waals surface area contributed by atoms with Crippen LogP contribution in [0.3, 0.4) is 0 Å². The molecule has 1 saturated heterocycles. The summed E-state index contributed by atoms with van der Waals surface area (Å²) in [6.45, 7) is 8.09. The predicted molar refractivity (Wildman–Crippen MR) is 102 cm³/mol. The first-order chi connectivity index (χ1) is 11.4. The number of benzene rings is 1. The van der Waals surface area contributed by atoms with Crippen LogP contribution in [0.15, 0.2) is 33.7 Å². The van der Waals surface area contributed by atoms with E-state index < -0.39 is 0 Å². The fraction of sp³-hybridized carbons (Fsp3) is 0.556. The lowest BCUT2D eigenvalue weighted by Crippen LogP contribution is -2.41. The van der Waals surface area contributed by atoms with Crippen molar-refractivity contribution in [2.45, 2.75) is 26.7 Å². The molecule has 1 fully saturated rings. The Morgan fingerprint density at radius 1 is 1.33 bits per heavy atom. The van der Waals surface area contributed by atoms with Crippen LogP contribution in [0.1, 0.15) is 37.0 Å². The van der Waals surface area contributed by atoms with Crippen molar-refractivity contribution in [1.82, 2.24) is 15.5 Å². The normalized spacial score (nSPS) is 17.0. The molecule has 0 radical (unpaired) electrons. The van der Waals surface area contributed by atoms with Gasteiger partial charge in [-0.25, -0.2) is 0 Å². The molecule has 1 amide bonds. The second-order valence-corrected chi connectivity index (χ2v) is 7.85. The smallest absolute Gasteiger partial charge is 0.251 e. The van der Waals surface area contributed by atoms with Gasteiger partial charge in [-0.3, -0.25) is 9.79 Å². The van der Waals surface area contributed by atoms with Crippen molar-refractivity contribution in [2.75, 3.05) is 33.2 Å². The number of carbonyl (C=O) groups is 1. The first-order valence-electron chi connectivity index (χ1n) is 8.41. The highest BCUT2D eigenvalue weighted by atomic mass is 79.9. The van der Waals surface area contributed by atoms with Gasteiger partial charge >= 0.3 is 0 Å². The molecule has 0 atom stereocenters. The van der Waals surface area contributed by atoms with Gasteiger partial charge in [-0.15, -0.1) is 0 Å². The lowest BCUT2D eigenvalue weighted by Gasteiger charge is -2.23. The van der Waals surface area contributed by atoms with Gasteiger partial charge in [0.2, 0.25) is 0 Å². The average Bonchev–Trinajstić information content (AvgIpc) is 2.90. The number of likely N-dealkylation sites (tertiary alicyclic amines) is 1. The summed E-state index contributed by atoms with van der Waals surface area (Å²) in [6, 6.07) is 7.41. The second-order valence-electron chi connectivity index (χ2n) is 6.93. The Hall–Kier alpha value is -1.56. The molecule has 1 aromatic rings. The van der Waals surface area contributed by atoms with Crippen molar-refractivity contribution in [1.29, 1.82) is 0 Å². The molecule has 0 aromatic heterocycles. The highest BCUT2D eigenvalue weighted by Crippen LogP contribution is 2.28. The van der Waals surface area contributed by atoms with Gasteiger partial charge in [0.1, 0.15) is 0 Å². The van der Waals surface area contributed by atoms with Crippen LogP contribution in [0.4, 0.5) is 0 Å². The SMILES string of the molecule is CN=C(NCCCNC(=O)c1cccc(Br)c1)N1CCC(C)(C)C1. The molecule has 1 aliphatic rings. The Kier molecular flexibility index (Phi) is 6.66. The van der Waals surface area contributed by atoms with Crippen LogP contribution >= 0.6 is 15.9 Å². The van der Waals surface area contributed by atoms with Crippen molar-refractivity contribution in [3.63, 3.8) is 0 Å². The molecular formula is C18H27BrN4O. The van der Waals surface area contributed by atoms with Crippen LogP contribution in [0, 0.1) is 5.41 Å². The number of rotatable bonds is 5.